The topological polar surface area (TPSA) is 32.7 Å². The van der Waals surface area contributed by atoms with Crippen LogP contribution in [0.1, 0.15) is 41.0 Å². The van der Waals surface area contributed by atoms with Crippen LogP contribution in [0.5, 0.6) is 0 Å². The van der Waals surface area contributed by atoms with E-state index in [4.69, 9.17) is 9.84 Å². The number of rotatable bonds is 3. The van der Waals surface area contributed by atoms with Crippen molar-refractivity contribution in [1.82, 2.24) is 4.90 Å². The van der Waals surface area contributed by atoms with Crippen molar-refractivity contribution in [1.29, 1.82) is 0 Å². The van der Waals surface area contributed by atoms with Crippen LogP contribution in [0.3, 0.4) is 0 Å². The second kappa shape index (κ2) is 4.40. The molecule has 90 valence electrons. The molecule has 0 saturated carbocycles. The Morgan fingerprint density at radius 2 is 2.00 bits per heavy atom. The lowest BCUT2D eigenvalue weighted by molar-refractivity contribution is 0.0251. The van der Waals surface area contributed by atoms with E-state index in [-0.39, 0.29) is 23.8 Å². The Morgan fingerprint density at radius 1 is 1.40 bits per heavy atom. The van der Waals surface area contributed by atoms with Crippen molar-refractivity contribution in [3.8, 4) is 0 Å². The molecule has 1 atom stereocenters. The molecule has 0 aromatic rings. The van der Waals surface area contributed by atoms with Crippen LogP contribution in [-0.2, 0) is 4.74 Å². The van der Waals surface area contributed by atoms with Gasteiger partial charge in [-0.3, -0.25) is 4.90 Å². The number of aliphatic hydroxyl groups is 1. The first kappa shape index (κ1) is 12.9. The Labute approximate surface area is 93.4 Å². The Hall–Kier alpha value is -0.120. The molecule has 1 saturated heterocycles. The lowest BCUT2D eigenvalue weighted by Gasteiger charge is -2.41. The van der Waals surface area contributed by atoms with Gasteiger partial charge in [0, 0.05) is 17.6 Å². The van der Waals surface area contributed by atoms with E-state index in [0.717, 1.165) is 13.0 Å². The quantitative estimate of drug-likeness (QED) is 0.777. The molecule has 0 aromatic carbocycles. The Bertz CT molecular complexity index is 208. The minimum absolute atomic E-state index is 0.118. The summed E-state index contributed by atoms with van der Waals surface area (Å²) in [6, 6.07) is 0. The van der Waals surface area contributed by atoms with Crippen LogP contribution in [-0.4, -0.2) is 46.9 Å². The highest BCUT2D eigenvalue weighted by Gasteiger charge is 2.43. The second-order valence-corrected chi connectivity index (χ2v) is 6.01. The summed E-state index contributed by atoms with van der Waals surface area (Å²) >= 11 is 0. The van der Waals surface area contributed by atoms with E-state index in [9.17, 15) is 0 Å². The predicted octanol–water partition coefficient (Wildman–Crippen LogP) is 1.65. The molecule has 0 bridgehead atoms. The summed E-state index contributed by atoms with van der Waals surface area (Å²) in [4.78, 5) is 2.49. The lowest BCUT2D eigenvalue weighted by Crippen LogP contribution is -2.50. The fraction of sp³-hybridized carbons (Fsp3) is 1.00. The van der Waals surface area contributed by atoms with Crippen LogP contribution in [0.2, 0.25) is 0 Å². The van der Waals surface area contributed by atoms with Gasteiger partial charge in [-0.2, -0.15) is 0 Å². The number of hydrogen-bond donors (Lipinski definition) is 1. The highest BCUT2D eigenvalue weighted by molar-refractivity contribution is 4.98. The van der Waals surface area contributed by atoms with Gasteiger partial charge in [-0.25, -0.2) is 0 Å². The first-order valence-electron chi connectivity index (χ1n) is 5.77. The van der Waals surface area contributed by atoms with Gasteiger partial charge in [0.2, 0.25) is 0 Å². The molecule has 1 aliphatic rings. The highest BCUT2D eigenvalue weighted by Crippen LogP contribution is 2.35. The summed E-state index contributed by atoms with van der Waals surface area (Å²) in [6.45, 7) is 12.8. The summed E-state index contributed by atoms with van der Waals surface area (Å²) in [5.41, 5.74) is 0.374. The predicted molar refractivity (Wildman–Crippen MR) is 62.0 cm³/mol. The molecular formula is C12H25NO2. The Balaban J connectivity index is 2.60. The summed E-state index contributed by atoms with van der Waals surface area (Å²) in [5, 5.41) is 8.74. The summed E-state index contributed by atoms with van der Waals surface area (Å²) in [7, 11) is 0. The first-order chi connectivity index (χ1) is 6.77. The van der Waals surface area contributed by atoms with Crippen molar-refractivity contribution in [3.05, 3.63) is 0 Å². The van der Waals surface area contributed by atoms with Crippen LogP contribution in [0.25, 0.3) is 0 Å². The highest BCUT2D eigenvalue weighted by atomic mass is 16.5. The van der Waals surface area contributed by atoms with Gasteiger partial charge in [0.15, 0.2) is 0 Å². The van der Waals surface area contributed by atoms with Gasteiger partial charge in [-0.05, 0) is 41.0 Å². The Morgan fingerprint density at radius 3 is 2.40 bits per heavy atom. The van der Waals surface area contributed by atoms with E-state index in [1.54, 1.807) is 0 Å². The van der Waals surface area contributed by atoms with E-state index in [2.05, 4.69) is 39.5 Å². The van der Waals surface area contributed by atoms with E-state index in [0.29, 0.717) is 6.61 Å². The van der Waals surface area contributed by atoms with E-state index < -0.39 is 0 Å². The molecule has 1 unspecified atom stereocenters. The van der Waals surface area contributed by atoms with E-state index in [1.165, 1.54) is 0 Å². The largest absolute Gasteiger partial charge is 0.394 e. The normalized spacial score (nSPS) is 27.2. The van der Waals surface area contributed by atoms with E-state index in [1.807, 2.05) is 0 Å². The molecule has 1 aliphatic heterocycles. The van der Waals surface area contributed by atoms with Crippen molar-refractivity contribution in [2.75, 3.05) is 19.8 Å². The molecule has 0 amide bonds. The summed E-state index contributed by atoms with van der Waals surface area (Å²) in [5.74, 6) is 0. The smallest absolute Gasteiger partial charge is 0.0721 e. The number of nitrogens with zero attached hydrogens (tertiary/aromatic N) is 1. The minimum atomic E-state index is 0.118. The van der Waals surface area contributed by atoms with Gasteiger partial charge in [0.25, 0.3) is 0 Å². The van der Waals surface area contributed by atoms with Gasteiger partial charge < -0.3 is 9.84 Å². The second-order valence-electron chi connectivity index (χ2n) is 6.01. The summed E-state index contributed by atoms with van der Waals surface area (Å²) < 4.78 is 5.62. The first-order valence-corrected chi connectivity index (χ1v) is 5.77. The van der Waals surface area contributed by atoms with Crippen molar-refractivity contribution in [2.45, 2.75) is 58.2 Å². The average molecular weight is 215 g/mol. The molecule has 0 radical (unpaired) electrons. The molecule has 0 aliphatic carbocycles. The maximum absolute atomic E-state index is 8.74. The number of hydrogen-bond acceptors (Lipinski definition) is 3. The fourth-order valence-electron chi connectivity index (χ4n) is 2.70. The minimum Gasteiger partial charge on any atom is -0.394 e. The molecule has 3 nitrogen and oxygen atoms in total. The maximum atomic E-state index is 8.74. The zero-order valence-electron chi connectivity index (χ0n) is 10.7. The maximum Gasteiger partial charge on any atom is 0.0721 e. The molecule has 1 heterocycles. The molecular weight excluding hydrogens is 190 g/mol. The van der Waals surface area contributed by atoms with Crippen LogP contribution in [0, 0.1) is 0 Å². The third-order valence-corrected chi connectivity index (χ3v) is 3.10. The summed E-state index contributed by atoms with van der Waals surface area (Å²) in [6.07, 6.45) is 1.32. The third kappa shape index (κ3) is 3.16. The molecule has 3 heteroatoms. The molecule has 1 rings (SSSR count). The fourth-order valence-corrected chi connectivity index (χ4v) is 2.70. The van der Waals surface area contributed by atoms with Crippen molar-refractivity contribution >= 4 is 0 Å². The van der Waals surface area contributed by atoms with Gasteiger partial charge >= 0.3 is 0 Å². The number of ether oxygens (including phenoxy) is 1. The average Bonchev–Trinajstić information content (AvgIpc) is 2.36. The Kier molecular flexibility index (Phi) is 3.80. The third-order valence-electron chi connectivity index (χ3n) is 3.10. The van der Waals surface area contributed by atoms with Crippen LogP contribution >= 0.6 is 0 Å². The van der Waals surface area contributed by atoms with Gasteiger partial charge in [0.05, 0.1) is 19.3 Å². The van der Waals surface area contributed by atoms with Crippen molar-refractivity contribution in [2.24, 2.45) is 0 Å². The zero-order chi connectivity index (χ0) is 11.7. The monoisotopic (exact) mass is 215 g/mol. The number of aliphatic hydroxyl groups excluding tert-OH is 1. The zero-order valence-corrected chi connectivity index (χ0v) is 10.7. The molecule has 1 fully saturated rings. The van der Waals surface area contributed by atoms with E-state index >= 15 is 0 Å². The van der Waals surface area contributed by atoms with Crippen LogP contribution in [0.4, 0.5) is 0 Å². The molecule has 15 heavy (non-hydrogen) atoms. The molecule has 1 N–H and O–H groups in total. The SMILES string of the molecule is CC(C)(C)N1CC(OCCO)CC1(C)C. The lowest BCUT2D eigenvalue weighted by atomic mass is 9.96. The van der Waals surface area contributed by atoms with Gasteiger partial charge in [-0.15, -0.1) is 0 Å². The molecule has 0 aromatic heterocycles. The molecule has 0 spiro atoms. The standard InChI is InChI=1S/C12H25NO2/c1-11(2,3)13-9-10(15-7-6-14)8-12(13,4)5/h10,14H,6-9H2,1-5H3. The van der Waals surface area contributed by atoms with Crippen molar-refractivity contribution in [3.63, 3.8) is 0 Å². The van der Waals surface area contributed by atoms with Crippen LogP contribution < -0.4 is 0 Å². The van der Waals surface area contributed by atoms with Crippen molar-refractivity contribution < 1.29 is 9.84 Å². The van der Waals surface area contributed by atoms with Crippen LogP contribution in [0.15, 0.2) is 0 Å². The number of likely N-dealkylation sites (tertiary alicyclic amines) is 1. The van der Waals surface area contributed by atoms with Gasteiger partial charge in [-0.1, -0.05) is 0 Å². The van der Waals surface area contributed by atoms with Gasteiger partial charge in [0.1, 0.15) is 0 Å².